The van der Waals surface area contributed by atoms with Crippen LogP contribution in [0.1, 0.15) is 24.7 Å². The van der Waals surface area contributed by atoms with Crippen LogP contribution in [0.5, 0.6) is 0 Å². The summed E-state index contributed by atoms with van der Waals surface area (Å²) in [5, 5.41) is 0.816. The van der Waals surface area contributed by atoms with E-state index in [2.05, 4.69) is 24.9 Å². The van der Waals surface area contributed by atoms with Crippen LogP contribution in [0.25, 0.3) is 27.8 Å². The fourth-order valence-corrected chi connectivity index (χ4v) is 3.78. The number of hydrogen-bond donors (Lipinski definition) is 2. The van der Waals surface area contributed by atoms with Gasteiger partial charge in [0.05, 0.1) is 22.9 Å². The third kappa shape index (κ3) is 4.68. The Labute approximate surface area is 193 Å². The molecule has 3 aromatic heterocycles. The monoisotopic (exact) mass is 465 g/mol. The summed E-state index contributed by atoms with van der Waals surface area (Å²) in [4.78, 5) is 31.8. The maximum atomic E-state index is 13.5. The predicted molar refractivity (Wildman–Crippen MR) is 127 cm³/mol. The first kappa shape index (κ1) is 22.3. The van der Waals surface area contributed by atoms with E-state index in [0.717, 1.165) is 12.0 Å². The van der Waals surface area contributed by atoms with Crippen LogP contribution in [0.4, 0.5) is 10.2 Å². The zero-order valence-corrected chi connectivity index (χ0v) is 18.8. The molecule has 168 valence electrons. The molecule has 0 aliphatic rings. The van der Waals surface area contributed by atoms with Crippen molar-refractivity contribution in [1.29, 1.82) is 0 Å². The Morgan fingerprint density at radius 1 is 1.15 bits per heavy atom. The van der Waals surface area contributed by atoms with Crippen molar-refractivity contribution in [2.45, 2.75) is 26.7 Å². The van der Waals surface area contributed by atoms with Gasteiger partial charge in [0.15, 0.2) is 11.5 Å². The summed E-state index contributed by atoms with van der Waals surface area (Å²) in [6.45, 7) is 3.93. The second-order valence-corrected chi connectivity index (χ2v) is 7.86. The van der Waals surface area contributed by atoms with Gasteiger partial charge in [-0.25, -0.2) is 24.3 Å². The number of imidazole rings is 1. The molecule has 0 saturated carbocycles. The summed E-state index contributed by atoms with van der Waals surface area (Å²) in [6, 6.07) is 9.51. The lowest BCUT2D eigenvalue weighted by atomic mass is 10.2. The van der Waals surface area contributed by atoms with Crippen molar-refractivity contribution in [2.75, 3.05) is 5.73 Å². The van der Waals surface area contributed by atoms with E-state index >= 15 is 0 Å². The standard InChI is InChI=1S/C18H16ClFN2O.C5H5N5/c1-3-4-17-21-16-6-5-13(20)10-15(16)18(23)22(17)14-8-11(2)7-12(19)9-14;6-4-3-5(9-1-7-3)10-2-8-4/h5-10H,3-4H2,1-2H3;1-2H,(H3,6,7,8,9,10). The van der Waals surface area contributed by atoms with Gasteiger partial charge in [-0.2, -0.15) is 0 Å². The number of nitrogens with zero attached hydrogens (tertiary/aromatic N) is 5. The average molecular weight is 466 g/mol. The molecular weight excluding hydrogens is 445 g/mol. The number of aromatic nitrogens is 6. The molecule has 10 heteroatoms. The molecule has 5 aromatic rings. The highest BCUT2D eigenvalue weighted by molar-refractivity contribution is 6.30. The molecule has 8 nitrogen and oxygen atoms in total. The van der Waals surface area contributed by atoms with Gasteiger partial charge in [0.2, 0.25) is 0 Å². The molecule has 33 heavy (non-hydrogen) atoms. The Kier molecular flexibility index (Phi) is 6.32. The Balaban J connectivity index is 0.000000214. The van der Waals surface area contributed by atoms with Gasteiger partial charge in [-0.1, -0.05) is 18.5 Å². The van der Waals surface area contributed by atoms with Crippen LogP contribution in [0.15, 0.2) is 53.8 Å². The van der Waals surface area contributed by atoms with Crippen LogP contribution in [-0.4, -0.2) is 29.5 Å². The summed E-state index contributed by atoms with van der Waals surface area (Å²) in [5.74, 6) is 0.634. The largest absolute Gasteiger partial charge is 0.382 e. The number of nitrogens with two attached hydrogens (primary N) is 1. The van der Waals surface area contributed by atoms with Gasteiger partial charge in [-0.15, -0.1) is 0 Å². The van der Waals surface area contributed by atoms with Crippen molar-refractivity contribution in [3.05, 3.63) is 81.6 Å². The quantitative estimate of drug-likeness (QED) is 0.408. The minimum Gasteiger partial charge on any atom is -0.382 e. The number of rotatable bonds is 3. The molecule has 5 rings (SSSR count). The third-order valence-corrected chi connectivity index (χ3v) is 5.13. The van der Waals surface area contributed by atoms with Crippen LogP contribution in [0.3, 0.4) is 0 Å². The van der Waals surface area contributed by atoms with Crippen molar-refractivity contribution in [3.8, 4) is 5.69 Å². The Bertz CT molecular complexity index is 1490. The topological polar surface area (TPSA) is 115 Å². The molecule has 0 bridgehead atoms. The number of aromatic amines is 1. The van der Waals surface area contributed by atoms with Crippen molar-refractivity contribution >= 4 is 39.5 Å². The van der Waals surface area contributed by atoms with Gasteiger partial charge < -0.3 is 10.7 Å². The highest BCUT2D eigenvalue weighted by Gasteiger charge is 2.13. The Hall–Kier alpha value is -3.85. The van der Waals surface area contributed by atoms with E-state index in [1.807, 2.05) is 26.0 Å². The first-order chi connectivity index (χ1) is 15.9. The van der Waals surface area contributed by atoms with E-state index in [4.69, 9.17) is 17.3 Å². The van der Waals surface area contributed by atoms with E-state index in [9.17, 15) is 9.18 Å². The number of H-pyrrole nitrogens is 1. The van der Waals surface area contributed by atoms with Crippen molar-refractivity contribution in [2.24, 2.45) is 0 Å². The molecule has 3 N–H and O–H groups in total. The molecule has 2 aromatic carbocycles. The second kappa shape index (κ2) is 9.33. The highest BCUT2D eigenvalue weighted by atomic mass is 35.5. The molecule has 0 amide bonds. The first-order valence-corrected chi connectivity index (χ1v) is 10.6. The number of halogens is 2. The third-order valence-electron chi connectivity index (χ3n) is 4.91. The van der Waals surface area contributed by atoms with E-state index in [1.54, 1.807) is 12.1 Å². The Morgan fingerprint density at radius 3 is 2.70 bits per heavy atom. The second-order valence-electron chi connectivity index (χ2n) is 7.43. The van der Waals surface area contributed by atoms with Crippen LogP contribution in [0, 0.1) is 12.7 Å². The van der Waals surface area contributed by atoms with Gasteiger partial charge in [0, 0.05) is 11.4 Å². The number of benzene rings is 2. The fraction of sp³-hybridized carbons (Fsp3) is 0.174. The van der Waals surface area contributed by atoms with E-state index in [1.165, 1.54) is 29.4 Å². The van der Waals surface area contributed by atoms with E-state index < -0.39 is 5.82 Å². The maximum absolute atomic E-state index is 13.5. The normalized spacial score (nSPS) is 10.9. The molecule has 0 aliphatic carbocycles. The number of nitrogens with one attached hydrogen (secondary N) is 1. The smallest absolute Gasteiger partial charge is 0.266 e. The molecule has 0 saturated heterocycles. The number of nitrogen functional groups attached to an aromatic ring is 1. The van der Waals surface area contributed by atoms with Crippen LogP contribution >= 0.6 is 11.6 Å². The average Bonchev–Trinajstić information content (AvgIpc) is 3.25. The lowest BCUT2D eigenvalue weighted by Crippen LogP contribution is -2.24. The molecule has 0 spiro atoms. The van der Waals surface area contributed by atoms with Gasteiger partial charge in [-0.05, 0) is 55.3 Å². The fourth-order valence-electron chi connectivity index (χ4n) is 3.49. The minimum absolute atomic E-state index is 0.266. The van der Waals surface area contributed by atoms with Crippen molar-refractivity contribution in [3.63, 3.8) is 0 Å². The molecule has 0 unspecified atom stereocenters. The number of hydrogen-bond acceptors (Lipinski definition) is 6. The minimum atomic E-state index is -0.450. The van der Waals surface area contributed by atoms with Crippen molar-refractivity contribution < 1.29 is 4.39 Å². The molecule has 0 aliphatic heterocycles. The van der Waals surface area contributed by atoms with Crippen LogP contribution in [0.2, 0.25) is 5.02 Å². The summed E-state index contributed by atoms with van der Waals surface area (Å²) in [6.07, 6.45) is 4.42. The molecular formula is C23H21ClFN7O. The lowest BCUT2D eigenvalue weighted by molar-refractivity contribution is 0.629. The van der Waals surface area contributed by atoms with Gasteiger partial charge in [-0.3, -0.25) is 9.36 Å². The summed E-state index contributed by atoms with van der Waals surface area (Å²) < 4.78 is 15.1. The van der Waals surface area contributed by atoms with E-state index in [-0.39, 0.29) is 10.9 Å². The van der Waals surface area contributed by atoms with Crippen LogP contribution in [-0.2, 0) is 6.42 Å². The molecule has 0 atom stereocenters. The summed E-state index contributed by atoms with van der Waals surface area (Å²) in [5.41, 5.74) is 8.61. The number of fused-ring (bicyclic) bond motifs is 2. The van der Waals surface area contributed by atoms with Crippen LogP contribution < -0.4 is 11.3 Å². The summed E-state index contributed by atoms with van der Waals surface area (Å²) in [7, 11) is 0. The summed E-state index contributed by atoms with van der Waals surface area (Å²) >= 11 is 6.13. The van der Waals surface area contributed by atoms with Gasteiger partial charge >= 0.3 is 0 Å². The molecule has 3 heterocycles. The highest BCUT2D eigenvalue weighted by Crippen LogP contribution is 2.20. The zero-order chi connectivity index (χ0) is 23.5. The van der Waals surface area contributed by atoms with Crippen molar-refractivity contribution in [1.82, 2.24) is 29.5 Å². The molecule has 0 radical (unpaired) electrons. The maximum Gasteiger partial charge on any atom is 0.266 e. The zero-order valence-electron chi connectivity index (χ0n) is 18.0. The predicted octanol–water partition coefficient (Wildman–Crippen LogP) is 4.37. The Morgan fingerprint density at radius 2 is 1.97 bits per heavy atom. The van der Waals surface area contributed by atoms with Gasteiger partial charge in [0.25, 0.3) is 5.56 Å². The SMILES string of the molecule is CCCc1nc2ccc(F)cc2c(=O)n1-c1cc(C)cc(Cl)c1.Nc1ncnc2nc[nH]c12. The number of aryl methyl sites for hydroxylation is 2. The van der Waals surface area contributed by atoms with Gasteiger partial charge in [0.1, 0.15) is 23.5 Å². The first-order valence-electron chi connectivity index (χ1n) is 10.3. The van der Waals surface area contributed by atoms with E-state index in [0.29, 0.717) is 45.5 Å². The number of anilines is 1. The lowest BCUT2D eigenvalue weighted by Gasteiger charge is -2.14. The molecule has 0 fully saturated rings.